The molecule has 0 radical (unpaired) electrons. The summed E-state index contributed by atoms with van der Waals surface area (Å²) in [7, 11) is 0. The maximum Gasteiger partial charge on any atom is 0.325 e. The first kappa shape index (κ1) is 25.7. The first-order valence-electron chi connectivity index (χ1n) is 12.2. The van der Waals surface area contributed by atoms with Crippen molar-refractivity contribution in [3.8, 4) is 0 Å². The Morgan fingerprint density at radius 2 is 1.27 bits per heavy atom. The fourth-order valence-electron chi connectivity index (χ4n) is 6.28. The summed E-state index contributed by atoms with van der Waals surface area (Å²) in [6.45, 7) is 17.1. The summed E-state index contributed by atoms with van der Waals surface area (Å²) in [6, 6.07) is 9.19. The number of piperidine rings is 2. The van der Waals surface area contributed by atoms with Gasteiger partial charge in [-0.2, -0.15) is 0 Å². The number of benzene rings is 1. The molecule has 2 saturated heterocycles. The second kappa shape index (κ2) is 9.03. The molecule has 2 N–H and O–H groups in total. The van der Waals surface area contributed by atoms with E-state index in [-0.39, 0.29) is 52.7 Å². The van der Waals surface area contributed by atoms with Gasteiger partial charge in [0.25, 0.3) is 5.91 Å². The Labute approximate surface area is 199 Å². The smallest absolute Gasteiger partial charge is 0.325 e. The van der Waals surface area contributed by atoms with Crippen LogP contribution in [-0.4, -0.2) is 57.6 Å². The van der Waals surface area contributed by atoms with Crippen LogP contribution >= 0.6 is 0 Å². The molecule has 0 saturated carbocycles. The van der Waals surface area contributed by atoms with Crippen LogP contribution in [0, 0.1) is 0 Å². The van der Waals surface area contributed by atoms with Crippen molar-refractivity contribution in [1.29, 1.82) is 0 Å². The summed E-state index contributed by atoms with van der Waals surface area (Å²) in [5.41, 5.74) is 0.0806. The van der Waals surface area contributed by atoms with Crippen LogP contribution in [0.2, 0.25) is 0 Å². The van der Waals surface area contributed by atoms with Crippen LogP contribution in [-0.2, 0) is 9.53 Å². The molecule has 2 fully saturated rings. The highest BCUT2D eigenvalue weighted by Crippen LogP contribution is 2.33. The van der Waals surface area contributed by atoms with Crippen LogP contribution in [0.3, 0.4) is 0 Å². The second-order valence-corrected chi connectivity index (χ2v) is 12.7. The Morgan fingerprint density at radius 3 is 1.76 bits per heavy atom. The molecule has 2 aliphatic rings. The predicted molar refractivity (Wildman–Crippen MR) is 132 cm³/mol. The van der Waals surface area contributed by atoms with E-state index in [2.05, 4.69) is 66.0 Å². The molecule has 184 valence electrons. The molecule has 6 heteroatoms. The number of nitrogens with zero attached hydrogens (tertiary/aromatic N) is 1. The SMILES string of the molecule is CC1(C)CC(OC(=O)CN(C(=O)c2ccccc2)C2CC(C)(C)NC(C)(C)C2)CC(C)(C)N1. The third-order valence-corrected chi connectivity index (χ3v) is 6.64. The molecule has 33 heavy (non-hydrogen) atoms. The first-order chi connectivity index (χ1) is 15.1. The van der Waals surface area contributed by atoms with Crippen molar-refractivity contribution >= 4 is 11.9 Å². The number of hydrogen-bond donors (Lipinski definition) is 2. The van der Waals surface area contributed by atoms with Crippen molar-refractivity contribution in [2.24, 2.45) is 0 Å². The molecular formula is C27H43N3O3. The van der Waals surface area contributed by atoms with Crippen LogP contribution in [0.1, 0.15) is 91.4 Å². The van der Waals surface area contributed by atoms with Gasteiger partial charge in [0.1, 0.15) is 12.6 Å². The highest BCUT2D eigenvalue weighted by molar-refractivity contribution is 5.96. The van der Waals surface area contributed by atoms with Crippen molar-refractivity contribution in [2.75, 3.05) is 6.54 Å². The molecule has 0 spiro atoms. The monoisotopic (exact) mass is 457 g/mol. The van der Waals surface area contributed by atoms with E-state index in [9.17, 15) is 9.59 Å². The van der Waals surface area contributed by atoms with Crippen LogP contribution in [0.4, 0.5) is 0 Å². The van der Waals surface area contributed by atoms with Crippen molar-refractivity contribution in [1.82, 2.24) is 15.5 Å². The van der Waals surface area contributed by atoms with Crippen LogP contribution in [0.5, 0.6) is 0 Å². The summed E-state index contributed by atoms with van der Waals surface area (Å²) >= 11 is 0. The van der Waals surface area contributed by atoms with E-state index < -0.39 is 0 Å². The molecule has 0 aliphatic carbocycles. The molecule has 2 aliphatic heterocycles. The third-order valence-electron chi connectivity index (χ3n) is 6.64. The minimum absolute atomic E-state index is 0.0324. The summed E-state index contributed by atoms with van der Waals surface area (Å²) in [5, 5.41) is 7.29. The second-order valence-electron chi connectivity index (χ2n) is 12.7. The van der Waals surface area contributed by atoms with E-state index in [1.807, 2.05) is 30.3 Å². The number of rotatable bonds is 5. The molecule has 1 aromatic carbocycles. The highest BCUT2D eigenvalue weighted by atomic mass is 16.5. The Kier molecular flexibility index (Phi) is 7.03. The Balaban J connectivity index is 1.81. The van der Waals surface area contributed by atoms with Crippen LogP contribution < -0.4 is 10.6 Å². The average molecular weight is 458 g/mol. The quantitative estimate of drug-likeness (QED) is 0.646. The molecule has 3 rings (SSSR count). The zero-order valence-electron chi connectivity index (χ0n) is 21.7. The minimum atomic E-state index is -0.327. The van der Waals surface area contributed by atoms with E-state index in [0.29, 0.717) is 5.56 Å². The lowest BCUT2D eigenvalue weighted by Gasteiger charge is -2.49. The summed E-state index contributed by atoms with van der Waals surface area (Å²) in [6.07, 6.45) is 2.88. The molecule has 1 amide bonds. The molecular weight excluding hydrogens is 414 g/mol. The van der Waals surface area contributed by atoms with E-state index in [0.717, 1.165) is 25.7 Å². The van der Waals surface area contributed by atoms with Gasteiger partial charge in [-0.25, -0.2) is 0 Å². The normalized spacial score (nSPS) is 24.1. The lowest BCUT2D eigenvalue weighted by molar-refractivity contribution is -0.154. The van der Waals surface area contributed by atoms with Crippen LogP contribution in [0.15, 0.2) is 30.3 Å². The maximum absolute atomic E-state index is 13.6. The lowest BCUT2D eigenvalue weighted by Crippen LogP contribution is -2.63. The van der Waals surface area contributed by atoms with Gasteiger partial charge in [0.2, 0.25) is 0 Å². The largest absolute Gasteiger partial charge is 0.461 e. The topological polar surface area (TPSA) is 70.7 Å². The van der Waals surface area contributed by atoms with Gasteiger partial charge >= 0.3 is 5.97 Å². The van der Waals surface area contributed by atoms with Gasteiger partial charge in [-0.3, -0.25) is 9.59 Å². The van der Waals surface area contributed by atoms with Gasteiger partial charge in [-0.05, 0) is 80.4 Å². The molecule has 6 nitrogen and oxygen atoms in total. The van der Waals surface area contributed by atoms with Crippen molar-refractivity contribution in [3.63, 3.8) is 0 Å². The Hall–Kier alpha value is -1.92. The summed E-state index contributed by atoms with van der Waals surface area (Å²) in [4.78, 5) is 28.5. The number of nitrogens with one attached hydrogen (secondary N) is 2. The van der Waals surface area contributed by atoms with E-state index in [4.69, 9.17) is 4.74 Å². The fourth-order valence-corrected chi connectivity index (χ4v) is 6.28. The van der Waals surface area contributed by atoms with Gasteiger partial charge in [-0.15, -0.1) is 0 Å². The first-order valence-corrected chi connectivity index (χ1v) is 12.2. The number of esters is 1. The fraction of sp³-hybridized carbons (Fsp3) is 0.704. The maximum atomic E-state index is 13.6. The van der Waals surface area contributed by atoms with Crippen molar-refractivity contribution in [2.45, 2.75) is 115 Å². The van der Waals surface area contributed by atoms with Crippen LogP contribution in [0.25, 0.3) is 0 Å². The highest BCUT2D eigenvalue weighted by Gasteiger charge is 2.43. The number of amides is 1. The standard InChI is InChI=1S/C27H43N3O3/c1-24(2)14-20(15-25(3,4)28-24)30(23(32)19-12-10-9-11-13-19)18-22(31)33-21-16-26(5,6)29-27(7,8)17-21/h9-13,20-21,28-29H,14-18H2,1-8H3. The molecule has 0 bridgehead atoms. The van der Waals surface area contributed by atoms with Gasteiger partial charge in [0.15, 0.2) is 0 Å². The van der Waals surface area contributed by atoms with Gasteiger partial charge in [0, 0.05) is 46.6 Å². The number of carbonyl (C=O) groups is 2. The Morgan fingerprint density at radius 1 is 0.818 bits per heavy atom. The molecule has 0 aromatic heterocycles. The molecule has 1 aromatic rings. The summed E-state index contributed by atoms with van der Waals surface area (Å²) < 4.78 is 5.99. The average Bonchev–Trinajstić information content (AvgIpc) is 2.61. The van der Waals surface area contributed by atoms with Gasteiger partial charge in [0.05, 0.1) is 0 Å². The van der Waals surface area contributed by atoms with Gasteiger partial charge in [-0.1, -0.05) is 18.2 Å². The number of hydrogen-bond acceptors (Lipinski definition) is 5. The summed E-state index contributed by atoms with van der Waals surface area (Å²) in [5.74, 6) is -0.441. The van der Waals surface area contributed by atoms with Gasteiger partial charge < -0.3 is 20.3 Å². The predicted octanol–water partition coefficient (Wildman–Crippen LogP) is 4.29. The van der Waals surface area contributed by atoms with E-state index in [1.165, 1.54) is 0 Å². The Bertz CT molecular complexity index is 829. The molecule has 0 atom stereocenters. The molecule has 2 heterocycles. The third kappa shape index (κ3) is 7.03. The van der Waals surface area contributed by atoms with E-state index in [1.54, 1.807) is 4.90 Å². The van der Waals surface area contributed by atoms with Crippen molar-refractivity contribution in [3.05, 3.63) is 35.9 Å². The minimum Gasteiger partial charge on any atom is -0.461 e. The number of ether oxygens (including phenoxy) is 1. The van der Waals surface area contributed by atoms with E-state index >= 15 is 0 Å². The zero-order valence-corrected chi connectivity index (χ0v) is 21.7. The molecule has 0 unspecified atom stereocenters. The zero-order chi connectivity index (χ0) is 24.7. The number of carbonyl (C=O) groups excluding carboxylic acids is 2. The van der Waals surface area contributed by atoms with Crippen molar-refractivity contribution < 1.29 is 14.3 Å². The lowest BCUT2D eigenvalue weighted by atomic mass is 9.79.